The molecule has 1 aliphatic carbocycles. The Labute approximate surface area is 189 Å². The molecule has 4 heteroatoms. The van der Waals surface area contributed by atoms with Gasteiger partial charge in [0.25, 0.3) is 0 Å². The zero-order valence-corrected chi connectivity index (χ0v) is 18.4. The van der Waals surface area contributed by atoms with E-state index in [0.717, 1.165) is 41.5 Å². The van der Waals surface area contributed by atoms with Gasteiger partial charge in [0.15, 0.2) is 0 Å². The molecule has 0 heterocycles. The van der Waals surface area contributed by atoms with Crippen molar-refractivity contribution in [3.8, 4) is 28.4 Å². The smallest absolute Gasteiger partial charge is 0.335 e. The van der Waals surface area contributed by atoms with Gasteiger partial charge in [-0.25, -0.2) is 4.79 Å². The van der Waals surface area contributed by atoms with Gasteiger partial charge < -0.3 is 14.2 Å². The lowest BCUT2D eigenvalue weighted by atomic mass is 10.1. The number of aryl methyl sites for hydroxylation is 1. The van der Waals surface area contributed by atoms with Gasteiger partial charge in [-0.1, -0.05) is 50.6 Å². The van der Waals surface area contributed by atoms with E-state index in [1.165, 1.54) is 36.0 Å². The SMILES string of the molecule is C=CC(=O)Oc1ccc2c(c1)Cc1cc(OCOc3ccc(CCCCC)cc3)ccc1-2. The molecule has 4 nitrogen and oxygen atoms in total. The molecule has 0 amide bonds. The Bertz CT molecular complexity index is 1100. The highest BCUT2D eigenvalue weighted by Crippen LogP contribution is 2.39. The molecule has 0 spiro atoms. The number of hydrogen-bond acceptors (Lipinski definition) is 4. The minimum Gasteiger partial charge on any atom is -0.458 e. The zero-order chi connectivity index (χ0) is 22.3. The molecule has 0 unspecified atom stereocenters. The molecule has 0 aromatic heterocycles. The molecule has 4 rings (SSSR count). The van der Waals surface area contributed by atoms with Crippen LogP contribution >= 0.6 is 0 Å². The van der Waals surface area contributed by atoms with Crippen LogP contribution in [0.1, 0.15) is 42.9 Å². The van der Waals surface area contributed by atoms with Crippen LogP contribution in [0.25, 0.3) is 11.1 Å². The van der Waals surface area contributed by atoms with E-state index in [-0.39, 0.29) is 6.79 Å². The van der Waals surface area contributed by atoms with Gasteiger partial charge in [-0.05, 0) is 83.5 Å². The van der Waals surface area contributed by atoms with E-state index in [9.17, 15) is 4.79 Å². The molecule has 0 atom stereocenters. The van der Waals surface area contributed by atoms with E-state index in [4.69, 9.17) is 14.2 Å². The van der Waals surface area contributed by atoms with Crippen LogP contribution in [0, 0.1) is 0 Å². The summed E-state index contributed by atoms with van der Waals surface area (Å²) in [6, 6.07) is 20.0. The van der Waals surface area contributed by atoms with Gasteiger partial charge in [-0.2, -0.15) is 0 Å². The Kier molecular flexibility index (Phi) is 6.90. The Morgan fingerprint density at radius 2 is 1.50 bits per heavy atom. The molecule has 0 N–H and O–H groups in total. The van der Waals surface area contributed by atoms with Crippen LogP contribution in [0.5, 0.6) is 17.2 Å². The second-order valence-corrected chi connectivity index (χ2v) is 7.95. The molecule has 32 heavy (non-hydrogen) atoms. The average molecular weight is 429 g/mol. The Morgan fingerprint density at radius 3 is 2.19 bits per heavy atom. The highest BCUT2D eigenvalue weighted by atomic mass is 16.7. The second-order valence-electron chi connectivity index (χ2n) is 7.95. The van der Waals surface area contributed by atoms with Gasteiger partial charge in [-0.3, -0.25) is 0 Å². The van der Waals surface area contributed by atoms with E-state index in [1.807, 2.05) is 42.5 Å². The quantitative estimate of drug-likeness (QED) is 0.0951. The van der Waals surface area contributed by atoms with Crippen LogP contribution in [0.3, 0.4) is 0 Å². The maximum atomic E-state index is 11.4. The van der Waals surface area contributed by atoms with Gasteiger partial charge in [0, 0.05) is 6.08 Å². The van der Waals surface area contributed by atoms with Crippen molar-refractivity contribution in [2.24, 2.45) is 0 Å². The summed E-state index contributed by atoms with van der Waals surface area (Å²) < 4.78 is 16.8. The number of fused-ring (bicyclic) bond motifs is 3. The minimum absolute atomic E-state index is 0.155. The van der Waals surface area contributed by atoms with Gasteiger partial charge in [0.2, 0.25) is 6.79 Å². The van der Waals surface area contributed by atoms with Crippen molar-refractivity contribution in [2.45, 2.75) is 39.0 Å². The zero-order valence-electron chi connectivity index (χ0n) is 18.4. The van der Waals surface area contributed by atoms with Gasteiger partial charge in [0.1, 0.15) is 17.2 Å². The van der Waals surface area contributed by atoms with Crippen molar-refractivity contribution in [2.75, 3.05) is 6.79 Å². The number of carbonyl (C=O) groups is 1. The lowest BCUT2D eigenvalue weighted by Gasteiger charge is -2.10. The monoisotopic (exact) mass is 428 g/mol. The van der Waals surface area contributed by atoms with Crippen LogP contribution in [0.2, 0.25) is 0 Å². The van der Waals surface area contributed by atoms with Gasteiger partial charge >= 0.3 is 5.97 Å². The molecule has 0 bridgehead atoms. The van der Waals surface area contributed by atoms with E-state index in [1.54, 1.807) is 0 Å². The maximum Gasteiger partial charge on any atom is 0.335 e. The molecule has 3 aromatic carbocycles. The molecular formula is C28H28O4. The number of esters is 1. The summed E-state index contributed by atoms with van der Waals surface area (Å²) >= 11 is 0. The molecular weight excluding hydrogens is 400 g/mol. The summed E-state index contributed by atoms with van der Waals surface area (Å²) in [7, 11) is 0. The highest BCUT2D eigenvalue weighted by molar-refractivity contribution is 5.84. The third kappa shape index (κ3) is 5.20. The Balaban J connectivity index is 1.32. The first-order valence-electron chi connectivity index (χ1n) is 11.1. The number of benzene rings is 3. The average Bonchev–Trinajstić information content (AvgIpc) is 3.17. The number of ether oxygens (including phenoxy) is 3. The van der Waals surface area contributed by atoms with Crippen molar-refractivity contribution >= 4 is 5.97 Å². The molecule has 3 aromatic rings. The van der Waals surface area contributed by atoms with Crippen molar-refractivity contribution < 1.29 is 19.0 Å². The molecule has 0 radical (unpaired) electrons. The lowest BCUT2D eigenvalue weighted by Crippen LogP contribution is -2.05. The van der Waals surface area contributed by atoms with Gasteiger partial charge in [-0.15, -0.1) is 0 Å². The maximum absolute atomic E-state index is 11.4. The third-order valence-electron chi connectivity index (χ3n) is 5.65. The summed E-state index contributed by atoms with van der Waals surface area (Å²) in [6.45, 7) is 5.81. The normalized spacial score (nSPS) is 11.4. The summed E-state index contributed by atoms with van der Waals surface area (Å²) in [6.07, 6.45) is 6.77. The fourth-order valence-electron chi connectivity index (χ4n) is 3.97. The Hall–Kier alpha value is -3.53. The first-order chi connectivity index (χ1) is 15.7. The van der Waals surface area contributed by atoms with E-state index in [2.05, 4.69) is 31.7 Å². The van der Waals surface area contributed by atoms with Crippen LogP contribution in [-0.4, -0.2) is 12.8 Å². The van der Waals surface area contributed by atoms with Crippen LogP contribution in [0.15, 0.2) is 73.3 Å². The molecule has 0 fully saturated rings. The topological polar surface area (TPSA) is 44.8 Å². The standard InChI is InChI=1S/C28H28O4/c1-3-5-6-7-20-8-10-23(11-9-20)30-19-31-24-12-14-26-21(17-24)16-22-18-25(13-15-27(22)26)32-28(29)4-2/h4,8-15,17-18H,2-3,5-7,16,19H2,1H3. The van der Waals surface area contributed by atoms with Crippen molar-refractivity contribution in [3.05, 3.63) is 90.0 Å². The van der Waals surface area contributed by atoms with E-state index in [0.29, 0.717) is 5.75 Å². The first-order valence-corrected chi connectivity index (χ1v) is 11.1. The number of hydrogen-bond donors (Lipinski definition) is 0. The molecule has 0 aliphatic heterocycles. The number of rotatable bonds is 10. The fraction of sp³-hybridized carbons (Fsp3) is 0.250. The number of carbonyl (C=O) groups excluding carboxylic acids is 1. The number of unbranched alkanes of at least 4 members (excludes halogenated alkanes) is 2. The summed E-state index contributed by atoms with van der Waals surface area (Å²) in [4.78, 5) is 11.4. The first kappa shape index (κ1) is 21.7. The van der Waals surface area contributed by atoms with Crippen LogP contribution < -0.4 is 14.2 Å². The van der Waals surface area contributed by atoms with Crippen LogP contribution in [-0.2, 0) is 17.6 Å². The van der Waals surface area contributed by atoms with Crippen molar-refractivity contribution in [3.63, 3.8) is 0 Å². The predicted octanol–water partition coefficient (Wildman–Crippen LogP) is 6.50. The van der Waals surface area contributed by atoms with E-state index < -0.39 is 5.97 Å². The predicted molar refractivity (Wildman–Crippen MR) is 126 cm³/mol. The molecule has 0 saturated carbocycles. The molecule has 0 saturated heterocycles. The summed E-state index contributed by atoms with van der Waals surface area (Å²) in [5.41, 5.74) is 5.98. The largest absolute Gasteiger partial charge is 0.458 e. The van der Waals surface area contributed by atoms with Crippen molar-refractivity contribution in [1.82, 2.24) is 0 Å². The van der Waals surface area contributed by atoms with Crippen molar-refractivity contribution in [1.29, 1.82) is 0 Å². The second kappa shape index (κ2) is 10.2. The van der Waals surface area contributed by atoms with Gasteiger partial charge in [0.05, 0.1) is 0 Å². The third-order valence-corrected chi connectivity index (χ3v) is 5.65. The molecule has 1 aliphatic rings. The van der Waals surface area contributed by atoms with Crippen LogP contribution in [0.4, 0.5) is 0 Å². The Morgan fingerprint density at radius 1 is 0.875 bits per heavy atom. The highest BCUT2D eigenvalue weighted by Gasteiger charge is 2.20. The fourth-order valence-corrected chi connectivity index (χ4v) is 3.97. The van der Waals surface area contributed by atoms with E-state index >= 15 is 0 Å². The lowest BCUT2D eigenvalue weighted by molar-refractivity contribution is -0.128. The summed E-state index contributed by atoms with van der Waals surface area (Å²) in [5.74, 6) is 1.65. The summed E-state index contributed by atoms with van der Waals surface area (Å²) in [5, 5.41) is 0. The minimum atomic E-state index is -0.456. The molecule has 164 valence electrons.